The quantitative estimate of drug-likeness (QED) is 0.185. The van der Waals surface area contributed by atoms with E-state index in [1.807, 2.05) is 0 Å². The third kappa shape index (κ3) is 4.15. The molecule has 2 aliphatic heterocycles. The summed E-state index contributed by atoms with van der Waals surface area (Å²) < 4.78 is 0. The topological polar surface area (TPSA) is 22.1 Å². The third-order valence-corrected chi connectivity index (χ3v) is 11.2. The number of fused-ring (bicyclic) bond motifs is 12. The minimum Gasteiger partial charge on any atom is -0.310 e. The summed E-state index contributed by atoms with van der Waals surface area (Å²) in [5, 5.41) is 2.42. The molecule has 250 valence electrons. The molecule has 0 aromatic heterocycles. The monoisotopic (exact) mass is 678 g/mol. The molecule has 0 atom stereocenters. The second-order valence-corrected chi connectivity index (χ2v) is 14.1. The number of para-hydroxylation sites is 3. The van der Waals surface area contributed by atoms with Crippen molar-refractivity contribution in [3.8, 4) is 11.1 Å². The molecule has 3 aliphatic rings. The molecule has 4 heteroatoms. The predicted octanol–water partition coefficient (Wildman–Crippen LogP) is 12.5. The molecule has 1 spiro atoms. The summed E-state index contributed by atoms with van der Waals surface area (Å²) in [5.41, 5.74) is 14.5. The van der Waals surface area contributed by atoms with Crippen LogP contribution < -0.4 is 14.7 Å². The van der Waals surface area contributed by atoms with Crippen LogP contribution >= 0.6 is 0 Å². The summed E-state index contributed by atoms with van der Waals surface area (Å²) >= 11 is 0. The molecule has 0 bridgehead atoms. The number of aliphatic imine (C=N–C) groups is 1. The summed E-state index contributed by atoms with van der Waals surface area (Å²) in [5.74, 6) is 0.897. The number of benzene rings is 8. The Bertz CT molecular complexity index is 2710. The van der Waals surface area contributed by atoms with Gasteiger partial charge < -0.3 is 4.90 Å². The number of aryl methyl sites for hydroxylation is 1. The van der Waals surface area contributed by atoms with Gasteiger partial charge >= 0.3 is 0 Å². The molecule has 0 amide bonds. The van der Waals surface area contributed by atoms with Gasteiger partial charge in [-0.05, 0) is 95.2 Å². The fourth-order valence-electron chi connectivity index (χ4n) is 8.97. The van der Waals surface area contributed by atoms with E-state index in [9.17, 15) is 0 Å². The summed E-state index contributed by atoms with van der Waals surface area (Å²) in [4.78, 5) is 12.7. The highest BCUT2D eigenvalue weighted by atomic mass is 15.5. The van der Waals surface area contributed by atoms with Crippen molar-refractivity contribution >= 4 is 56.5 Å². The zero-order valence-corrected chi connectivity index (χ0v) is 29.2. The zero-order chi connectivity index (χ0) is 35.1. The molecule has 11 rings (SSSR count). The van der Waals surface area contributed by atoms with Crippen LogP contribution in [0.3, 0.4) is 0 Å². The minimum atomic E-state index is -0.595. The van der Waals surface area contributed by atoms with Gasteiger partial charge in [-0.15, -0.1) is 0 Å². The van der Waals surface area contributed by atoms with Crippen molar-refractivity contribution in [2.75, 3.05) is 14.7 Å². The van der Waals surface area contributed by atoms with E-state index in [2.05, 4.69) is 210 Å². The molecule has 0 N–H and O–H groups in total. The predicted molar refractivity (Wildman–Crippen MR) is 220 cm³/mol. The molecular formula is C49H34N4. The van der Waals surface area contributed by atoms with Crippen LogP contribution in [0.1, 0.15) is 22.3 Å². The lowest BCUT2D eigenvalue weighted by atomic mass is 9.77. The Kier molecular flexibility index (Phi) is 6.35. The van der Waals surface area contributed by atoms with E-state index in [-0.39, 0.29) is 0 Å². The van der Waals surface area contributed by atoms with Crippen LogP contribution in [0.25, 0.3) is 21.9 Å². The molecule has 0 saturated carbocycles. The van der Waals surface area contributed by atoms with E-state index in [0.29, 0.717) is 0 Å². The van der Waals surface area contributed by atoms with Crippen LogP contribution in [-0.2, 0) is 5.54 Å². The van der Waals surface area contributed by atoms with Gasteiger partial charge in [0.2, 0.25) is 5.96 Å². The average molecular weight is 679 g/mol. The van der Waals surface area contributed by atoms with Crippen molar-refractivity contribution in [2.45, 2.75) is 12.5 Å². The zero-order valence-electron chi connectivity index (χ0n) is 29.2. The van der Waals surface area contributed by atoms with Gasteiger partial charge in [-0.25, -0.2) is 4.99 Å². The molecular weight excluding hydrogens is 645 g/mol. The Hall–Kier alpha value is -6.91. The fourth-order valence-corrected chi connectivity index (χ4v) is 8.97. The highest BCUT2D eigenvalue weighted by Crippen LogP contribution is 2.62. The molecule has 0 unspecified atom stereocenters. The van der Waals surface area contributed by atoms with Crippen LogP contribution in [-0.4, -0.2) is 5.96 Å². The van der Waals surface area contributed by atoms with Crippen LogP contribution in [0.4, 0.5) is 39.8 Å². The van der Waals surface area contributed by atoms with Gasteiger partial charge in [-0.2, -0.15) is 0 Å². The van der Waals surface area contributed by atoms with Crippen molar-refractivity contribution in [3.05, 3.63) is 210 Å². The van der Waals surface area contributed by atoms with E-state index < -0.39 is 5.54 Å². The first kappa shape index (κ1) is 29.8. The fraction of sp³-hybridized carbons (Fsp3) is 0.0408. The Labute approximate surface area is 309 Å². The van der Waals surface area contributed by atoms with E-state index in [1.54, 1.807) is 0 Å². The van der Waals surface area contributed by atoms with E-state index in [1.165, 1.54) is 44.2 Å². The van der Waals surface area contributed by atoms with Gasteiger partial charge in [0.05, 0.1) is 22.7 Å². The van der Waals surface area contributed by atoms with Crippen molar-refractivity contribution in [1.29, 1.82) is 0 Å². The number of guanidine groups is 1. The van der Waals surface area contributed by atoms with E-state index >= 15 is 0 Å². The maximum Gasteiger partial charge on any atom is 0.217 e. The number of anilines is 6. The average Bonchev–Trinajstić information content (AvgIpc) is 3.70. The van der Waals surface area contributed by atoms with Gasteiger partial charge in [0.1, 0.15) is 5.54 Å². The highest BCUT2D eigenvalue weighted by molar-refractivity contribution is 6.24. The molecule has 0 radical (unpaired) electrons. The lowest BCUT2D eigenvalue weighted by Gasteiger charge is -2.45. The van der Waals surface area contributed by atoms with Gasteiger partial charge in [0, 0.05) is 28.0 Å². The Morgan fingerprint density at radius 2 is 1.06 bits per heavy atom. The number of rotatable bonds is 4. The summed E-state index contributed by atoms with van der Waals surface area (Å²) in [7, 11) is 0. The molecule has 2 heterocycles. The number of hydrogen-bond donors (Lipinski definition) is 0. The van der Waals surface area contributed by atoms with Crippen molar-refractivity contribution < 1.29 is 0 Å². The highest BCUT2D eigenvalue weighted by Gasteiger charge is 2.57. The largest absolute Gasteiger partial charge is 0.310 e. The van der Waals surface area contributed by atoms with E-state index in [0.717, 1.165) is 45.8 Å². The maximum atomic E-state index is 5.50. The minimum absolute atomic E-state index is 0.595. The second-order valence-electron chi connectivity index (χ2n) is 14.1. The van der Waals surface area contributed by atoms with Crippen molar-refractivity contribution in [3.63, 3.8) is 0 Å². The summed E-state index contributed by atoms with van der Waals surface area (Å²) in [6.07, 6.45) is 0. The third-order valence-electron chi connectivity index (χ3n) is 11.2. The maximum absolute atomic E-state index is 5.50. The Balaban J connectivity index is 1.11. The van der Waals surface area contributed by atoms with Crippen LogP contribution in [0.5, 0.6) is 0 Å². The van der Waals surface area contributed by atoms with Gasteiger partial charge in [-0.3, -0.25) is 9.80 Å². The Morgan fingerprint density at radius 1 is 0.491 bits per heavy atom. The molecule has 0 fully saturated rings. The van der Waals surface area contributed by atoms with Crippen LogP contribution in [0, 0.1) is 6.92 Å². The first-order chi connectivity index (χ1) is 26.2. The van der Waals surface area contributed by atoms with Gasteiger partial charge in [-0.1, -0.05) is 133 Å². The summed E-state index contributed by atoms with van der Waals surface area (Å²) in [6, 6.07) is 68.2. The first-order valence-electron chi connectivity index (χ1n) is 18.2. The summed E-state index contributed by atoms with van der Waals surface area (Å²) in [6.45, 7) is 2.14. The number of nitrogens with zero attached hydrogens (tertiary/aromatic N) is 4. The molecule has 8 aromatic carbocycles. The number of hydrogen-bond acceptors (Lipinski definition) is 4. The lowest BCUT2D eigenvalue weighted by molar-refractivity contribution is 0.653. The van der Waals surface area contributed by atoms with Crippen molar-refractivity contribution in [2.24, 2.45) is 4.99 Å². The normalized spacial score (nSPS) is 14.3. The molecule has 4 nitrogen and oxygen atoms in total. The molecule has 53 heavy (non-hydrogen) atoms. The smallest absolute Gasteiger partial charge is 0.217 e. The van der Waals surface area contributed by atoms with Gasteiger partial charge in [0.15, 0.2) is 0 Å². The SMILES string of the molecule is Cc1ccc(N(c2ccc(N3C4=Nc5ccccc5C5(c6ccccc6-c6ccccc65)N4c4ccccc43)cc2)c2cccc3ccccc23)cc1. The lowest BCUT2D eigenvalue weighted by Crippen LogP contribution is -2.53. The molecule has 1 aliphatic carbocycles. The first-order valence-corrected chi connectivity index (χ1v) is 18.2. The second kappa shape index (κ2) is 11.3. The Morgan fingerprint density at radius 3 is 1.79 bits per heavy atom. The van der Waals surface area contributed by atoms with Crippen molar-refractivity contribution in [1.82, 2.24) is 0 Å². The van der Waals surface area contributed by atoms with Crippen LogP contribution in [0.15, 0.2) is 193 Å². The molecule has 0 saturated heterocycles. The van der Waals surface area contributed by atoms with Gasteiger partial charge in [0.25, 0.3) is 0 Å². The standard InChI is InChI=1S/C49H34N4/c1-33-25-27-35(28-26-33)51(45-24-12-14-34-13-2-3-15-38(34)45)36-29-31-37(32-30-36)52-46-22-10-11-23-47(46)53-48(52)50-44-21-9-8-20-43(44)49(53)41-18-6-4-16-39(41)40-17-5-7-19-42(40)49/h2-32H,1H3. The van der Waals surface area contributed by atoms with E-state index in [4.69, 9.17) is 4.99 Å². The van der Waals surface area contributed by atoms with Crippen LogP contribution in [0.2, 0.25) is 0 Å². The molecule has 8 aromatic rings.